The van der Waals surface area contributed by atoms with Crippen LogP contribution in [0.15, 0.2) is 42.5 Å². The summed E-state index contributed by atoms with van der Waals surface area (Å²) in [6.45, 7) is 2.56. The Morgan fingerprint density at radius 1 is 1.00 bits per heavy atom. The highest BCUT2D eigenvalue weighted by Crippen LogP contribution is 2.34. The van der Waals surface area contributed by atoms with Crippen molar-refractivity contribution in [3.8, 4) is 5.75 Å². The van der Waals surface area contributed by atoms with Gasteiger partial charge >= 0.3 is 11.9 Å². The fraction of sp³-hybridized carbons (Fsp3) is 0.357. The molecule has 8 heteroatoms. The highest BCUT2D eigenvalue weighted by Gasteiger charge is 2.25. The SMILES string of the molecule is CCOC(=O)CCCc1c(CCCC(=O)O)c2ccc(OC)c3n(Cc4ccccc4)c(=C=O)c1n23. The molecule has 4 aromatic rings. The average Bonchev–Trinajstić information content (AvgIpc) is 3.35. The maximum atomic E-state index is 12.4. The zero-order chi connectivity index (χ0) is 25.7. The van der Waals surface area contributed by atoms with Crippen LogP contribution < -0.4 is 10.1 Å². The molecule has 0 radical (unpaired) electrons. The minimum atomic E-state index is -0.848. The molecule has 0 amide bonds. The number of carboxylic acids is 1. The number of rotatable bonds is 12. The third kappa shape index (κ3) is 4.86. The molecule has 0 aliphatic carbocycles. The van der Waals surface area contributed by atoms with Crippen molar-refractivity contribution in [2.75, 3.05) is 13.7 Å². The molecule has 4 rings (SSSR count). The fourth-order valence-electron chi connectivity index (χ4n) is 4.95. The van der Waals surface area contributed by atoms with Crippen LogP contribution >= 0.6 is 0 Å². The van der Waals surface area contributed by atoms with Crippen LogP contribution in [-0.4, -0.2) is 45.7 Å². The summed E-state index contributed by atoms with van der Waals surface area (Å²) in [5.74, 6) is 1.68. The summed E-state index contributed by atoms with van der Waals surface area (Å²) in [5.41, 5.74) is 5.34. The summed E-state index contributed by atoms with van der Waals surface area (Å²) in [7, 11) is 1.60. The Labute approximate surface area is 208 Å². The first-order valence-electron chi connectivity index (χ1n) is 12.2. The highest BCUT2D eigenvalue weighted by molar-refractivity contribution is 5.85. The molecule has 0 atom stereocenters. The zero-order valence-corrected chi connectivity index (χ0v) is 20.6. The van der Waals surface area contributed by atoms with Crippen molar-refractivity contribution in [2.24, 2.45) is 0 Å². The van der Waals surface area contributed by atoms with E-state index in [1.165, 1.54) is 0 Å². The molecule has 1 aromatic carbocycles. The summed E-state index contributed by atoms with van der Waals surface area (Å²) in [5, 5.41) is 9.58. The Balaban J connectivity index is 1.91. The number of carbonyl (C=O) groups is 2. The molecule has 8 nitrogen and oxygen atoms in total. The lowest BCUT2D eigenvalue weighted by atomic mass is 9.99. The standard InChI is InChI=1S/C28H30N2O6/c1-3-36-26(34)14-8-12-21-20(11-7-13-25(32)33)22-15-16-24(35-2)28-29(17-19-9-5-4-6-10-19)23(18-31)27(21)30(22)28/h4-6,9-10,15-16H,3,7-8,11-14,17H2,1-2H3,(H,32,33). The zero-order valence-electron chi connectivity index (χ0n) is 20.6. The van der Waals surface area contributed by atoms with Crippen molar-refractivity contribution >= 4 is 34.6 Å². The fourth-order valence-corrected chi connectivity index (χ4v) is 4.95. The van der Waals surface area contributed by atoms with Gasteiger partial charge in [0, 0.05) is 12.8 Å². The lowest BCUT2D eigenvalue weighted by molar-refractivity contribution is -0.143. The van der Waals surface area contributed by atoms with Crippen molar-refractivity contribution in [1.82, 2.24) is 8.97 Å². The number of methoxy groups -OCH3 is 1. The number of benzene rings is 1. The van der Waals surface area contributed by atoms with Gasteiger partial charge in [0.2, 0.25) is 0 Å². The van der Waals surface area contributed by atoms with E-state index in [2.05, 4.69) is 5.94 Å². The van der Waals surface area contributed by atoms with E-state index in [1.807, 2.05) is 51.4 Å². The smallest absolute Gasteiger partial charge is 0.305 e. The van der Waals surface area contributed by atoms with Crippen molar-refractivity contribution in [2.45, 2.75) is 52.0 Å². The van der Waals surface area contributed by atoms with E-state index < -0.39 is 5.97 Å². The van der Waals surface area contributed by atoms with Gasteiger partial charge in [-0.15, -0.1) is 0 Å². The number of aryl methyl sites for hydroxylation is 2. The molecule has 0 bridgehead atoms. The normalized spacial score (nSPS) is 11.2. The lowest BCUT2D eigenvalue weighted by Crippen LogP contribution is -2.20. The van der Waals surface area contributed by atoms with Crippen LogP contribution in [-0.2, 0) is 38.5 Å². The van der Waals surface area contributed by atoms with Gasteiger partial charge in [-0.1, -0.05) is 30.3 Å². The van der Waals surface area contributed by atoms with Gasteiger partial charge in [0.15, 0.2) is 22.7 Å². The number of esters is 1. The Kier molecular flexibility index (Phi) is 7.76. The predicted molar refractivity (Wildman–Crippen MR) is 135 cm³/mol. The second-order valence-electron chi connectivity index (χ2n) is 8.68. The maximum absolute atomic E-state index is 12.4. The molecule has 0 saturated heterocycles. The van der Waals surface area contributed by atoms with Gasteiger partial charge in [0.05, 0.1) is 31.3 Å². The van der Waals surface area contributed by atoms with Crippen LogP contribution in [0.1, 0.15) is 49.3 Å². The molecular formula is C28H30N2O6. The third-order valence-corrected chi connectivity index (χ3v) is 6.43. The van der Waals surface area contributed by atoms with Crippen LogP contribution in [0.25, 0.3) is 16.7 Å². The molecule has 3 aromatic heterocycles. The molecule has 0 unspecified atom stereocenters. The van der Waals surface area contributed by atoms with Gasteiger partial charge in [-0.25, -0.2) is 4.79 Å². The number of nitrogens with zero attached hydrogens (tertiary/aromatic N) is 2. The van der Waals surface area contributed by atoms with Gasteiger partial charge in [-0.05, 0) is 61.4 Å². The molecule has 36 heavy (non-hydrogen) atoms. The molecule has 0 spiro atoms. The first-order valence-corrected chi connectivity index (χ1v) is 12.2. The number of imidazole rings is 1. The predicted octanol–water partition coefficient (Wildman–Crippen LogP) is 3.47. The first kappa shape index (κ1) is 25.1. The summed E-state index contributed by atoms with van der Waals surface area (Å²) >= 11 is 0. The number of hydrogen-bond donors (Lipinski definition) is 1. The third-order valence-electron chi connectivity index (χ3n) is 6.43. The molecule has 188 valence electrons. The quantitative estimate of drug-likeness (QED) is 0.305. The number of ether oxygens (including phenoxy) is 2. The maximum Gasteiger partial charge on any atom is 0.305 e. The van der Waals surface area contributed by atoms with E-state index in [0.717, 1.165) is 33.4 Å². The van der Waals surface area contributed by atoms with Gasteiger partial charge in [-0.2, -0.15) is 0 Å². The second-order valence-corrected chi connectivity index (χ2v) is 8.68. The number of pyridine rings is 1. The molecule has 0 fully saturated rings. The number of aromatic nitrogens is 2. The minimum Gasteiger partial charge on any atom is -0.493 e. The van der Waals surface area contributed by atoms with Gasteiger partial charge in [0.1, 0.15) is 0 Å². The van der Waals surface area contributed by atoms with Gasteiger partial charge in [0.25, 0.3) is 0 Å². The number of carbonyl (C=O) groups excluding carboxylic acids is 2. The Bertz CT molecular complexity index is 1460. The van der Waals surface area contributed by atoms with E-state index in [1.54, 1.807) is 14.0 Å². The lowest BCUT2D eigenvalue weighted by Gasteiger charge is -2.11. The van der Waals surface area contributed by atoms with Crippen LogP contribution in [0.4, 0.5) is 0 Å². The summed E-state index contributed by atoms with van der Waals surface area (Å²) in [4.78, 5) is 35.6. The van der Waals surface area contributed by atoms with Gasteiger partial charge < -0.3 is 19.1 Å². The molecule has 3 heterocycles. The molecule has 0 aliphatic heterocycles. The van der Waals surface area contributed by atoms with E-state index in [9.17, 15) is 19.5 Å². The van der Waals surface area contributed by atoms with Crippen molar-refractivity contribution < 1.29 is 29.0 Å². The minimum absolute atomic E-state index is 0.0501. The number of carboxylic acid groups (broad SMARTS) is 1. The first-order chi connectivity index (χ1) is 17.5. The van der Waals surface area contributed by atoms with E-state index in [4.69, 9.17) is 9.47 Å². The highest BCUT2D eigenvalue weighted by atomic mass is 16.5. The summed E-state index contributed by atoms with van der Waals surface area (Å²) in [6.07, 6.45) is 2.42. The second kappa shape index (κ2) is 11.1. The van der Waals surface area contributed by atoms with Crippen molar-refractivity contribution in [3.63, 3.8) is 0 Å². The van der Waals surface area contributed by atoms with Crippen LogP contribution in [0.2, 0.25) is 0 Å². The monoisotopic (exact) mass is 490 g/mol. The largest absolute Gasteiger partial charge is 0.493 e. The molecular weight excluding hydrogens is 460 g/mol. The van der Waals surface area contributed by atoms with E-state index in [-0.39, 0.29) is 18.8 Å². The number of aliphatic carboxylic acids is 1. The molecule has 1 N–H and O–H groups in total. The van der Waals surface area contributed by atoms with E-state index >= 15 is 0 Å². The van der Waals surface area contributed by atoms with Gasteiger partial charge in [-0.3, -0.25) is 14.0 Å². The van der Waals surface area contributed by atoms with Crippen LogP contribution in [0.3, 0.4) is 0 Å². The Hall–Kier alpha value is -4.03. The Morgan fingerprint density at radius 3 is 2.39 bits per heavy atom. The molecule has 0 saturated carbocycles. The van der Waals surface area contributed by atoms with Crippen LogP contribution in [0.5, 0.6) is 5.75 Å². The Morgan fingerprint density at radius 2 is 1.72 bits per heavy atom. The van der Waals surface area contributed by atoms with E-state index in [0.29, 0.717) is 49.9 Å². The average molecular weight is 491 g/mol. The topological polar surface area (TPSA) is 99.2 Å². The molecule has 0 aliphatic rings. The summed E-state index contributed by atoms with van der Waals surface area (Å²) in [6, 6.07) is 13.7. The number of hydrogen-bond acceptors (Lipinski definition) is 5. The van der Waals surface area contributed by atoms with Crippen LogP contribution in [0, 0.1) is 0 Å². The van der Waals surface area contributed by atoms with Crippen molar-refractivity contribution in [3.05, 3.63) is 64.5 Å². The van der Waals surface area contributed by atoms with Crippen molar-refractivity contribution in [1.29, 1.82) is 0 Å². The summed E-state index contributed by atoms with van der Waals surface area (Å²) < 4.78 is 14.7.